The van der Waals surface area contributed by atoms with Gasteiger partial charge in [0.2, 0.25) is 0 Å². The highest BCUT2D eigenvalue weighted by molar-refractivity contribution is 7.47. The number of nitrogens with zero attached hydrogens (tertiary/aromatic N) is 1. The summed E-state index contributed by atoms with van der Waals surface area (Å²) >= 11 is 0. The van der Waals surface area contributed by atoms with E-state index in [4.69, 9.17) is 9.05 Å². The van der Waals surface area contributed by atoms with Crippen LogP contribution in [0.2, 0.25) is 0 Å². The first-order chi connectivity index (χ1) is 12.7. The summed E-state index contributed by atoms with van der Waals surface area (Å²) in [4.78, 5) is 9.77. The lowest BCUT2D eigenvalue weighted by Crippen LogP contribution is -2.42. The molecular weight excluding hydrogens is 369 g/mol. The van der Waals surface area contributed by atoms with Gasteiger partial charge in [-0.1, -0.05) is 25.8 Å². The van der Waals surface area contributed by atoms with Crippen LogP contribution in [0.1, 0.15) is 44.6 Å². The second kappa shape index (κ2) is 11.7. The van der Waals surface area contributed by atoms with Gasteiger partial charge in [0.05, 0.1) is 27.2 Å². The first-order valence-corrected chi connectivity index (χ1v) is 11.1. The molecule has 0 saturated carbocycles. The predicted molar refractivity (Wildman–Crippen MR) is 106 cm³/mol. The predicted octanol–water partition coefficient (Wildman–Crippen LogP) is 3.82. The van der Waals surface area contributed by atoms with E-state index in [1.54, 1.807) is 6.07 Å². The van der Waals surface area contributed by atoms with Crippen LogP contribution < -0.4 is 0 Å². The van der Waals surface area contributed by atoms with Crippen LogP contribution in [0.25, 0.3) is 0 Å². The minimum Gasteiger partial charge on any atom is -0.504 e. The van der Waals surface area contributed by atoms with Gasteiger partial charge in [-0.25, -0.2) is 4.57 Å². The molecule has 0 radical (unpaired) electrons. The van der Waals surface area contributed by atoms with Gasteiger partial charge in [0.15, 0.2) is 11.5 Å². The summed E-state index contributed by atoms with van der Waals surface area (Å²) in [5, 5.41) is 18.7. The van der Waals surface area contributed by atoms with Crippen molar-refractivity contribution in [1.29, 1.82) is 0 Å². The number of hydrogen-bond donors (Lipinski definition) is 3. The van der Waals surface area contributed by atoms with Crippen LogP contribution in [0.5, 0.6) is 11.5 Å². The van der Waals surface area contributed by atoms with Crippen molar-refractivity contribution >= 4 is 7.82 Å². The fraction of sp³-hybridized carbons (Fsp3) is 0.684. The summed E-state index contributed by atoms with van der Waals surface area (Å²) in [6.45, 7) is 4.08. The third kappa shape index (κ3) is 10.7. The van der Waals surface area contributed by atoms with E-state index in [9.17, 15) is 19.7 Å². The Balaban J connectivity index is 2.22. The molecule has 7 nitrogen and oxygen atoms in total. The lowest BCUT2D eigenvalue weighted by Gasteiger charge is -2.29. The minimum atomic E-state index is -4.05. The van der Waals surface area contributed by atoms with Gasteiger partial charge in [-0.05, 0) is 43.4 Å². The molecule has 0 saturated heterocycles. The lowest BCUT2D eigenvalue weighted by atomic mass is 10.1. The highest BCUT2D eigenvalue weighted by atomic mass is 31.2. The van der Waals surface area contributed by atoms with E-state index in [1.807, 2.05) is 0 Å². The van der Waals surface area contributed by atoms with E-state index in [1.165, 1.54) is 31.4 Å². The number of hydrogen-bond acceptors (Lipinski definition) is 5. The van der Waals surface area contributed by atoms with Crippen molar-refractivity contribution in [2.45, 2.75) is 45.4 Å². The van der Waals surface area contributed by atoms with Gasteiger partial charge < -0.3 is 19.6 Å². The Morgan fingerprint density at radius 2 is 1.67 bits per heavy atom. The fourth-order valence-corrected chi connectivity index (χ4v) is 3.45. The molecule has 1 unspecified atom stereocenters. The summed E-state index contributed by atoms with van der Waals surface area (Å²) in [5.74, 6) is -0.352. The summed E-state index contributed by atoms with van der Waals surface area (Å²) in [5.41, 5.74) is 0.810. The molecule has 3 N–H and O–H groups in total. The van der Waals surface area contributed by atoms with E-state index in [0.29, 0.717) is 19.4 Å². The molecule has 0 aromatic heterocycles. The molecule has 0 spiro atoms. The van der Waals surface area contributed by atoms with Crippen LogP contribution in [0.4, 0.5) is 0 Å². The highest BCUT2D eigenvalue weighted by Crippen LogP contribution is 2.43. The van der Waals surface area contributed by atoms with Crippen molar-refractivity contribution in [2.75, 3.05) is 40.4 Å². The van der Waals surface area contributed by atoms with E-state index < -0.39 is 7.82 Å². The highest BCUT2D eigenvalue weighted by Gasteiger charge is 2.23. The normalized spacial score (nSPS) is 14.2. The topological polar surface area (TPSA) is 96.2 Å². The summed E-state index contributed by atoms with van der Waals surface area (Å²) < 4.78 is 22.8. The second-order valence-electron chi connectivity index (χ2n) is 7.51. The van der Waals surface area contributed by atoms with E-state index >= 15 is 0 Å². The third-order valence-electron chi connectivity index (χ3n) is 4.47. The van der Waals surface area contributed by atoms with Gasteiger partial charge in [-0.15, -0.1) is 0 Å². The van der Waals surface area contributed by atoms with Crippen LogP contribution in [0.3, 0.4) is 0 Å². The van der Waals surface area contributed by atoms with Crippen LogP contribution in [-0.2, 0) is 20.0 Å². The molecule has 0 aliphatic rings. The number of quaternary nitrogens is 1. The maximum Gasteiger partial charge on any atom is 0.472 e. The van der Waals surface area contributed by atoms with Crippen molar-refractivity contribution in [3.05, 3.63) is 23.8 Å². The van der Waals surface area contributed by atoms with Gasteiger partial charge >= 0.3 is 7.82 Å². The molecule has 1 atom stereocenters. The molecule has 0 aliphatic heterocycles. The fourth-order valence-electron chi connectivity index (χ4n) is 2.70. The Morgan fingerprint density at radius 3 is 2.33 bits per heavy atom. The molecular formula is C19H35NO6P+. The van der Waals surface area contributed by atoms with Gasteiger partial charge in [-0.3, -0.25) is 9.05 Å². The Bertz CT molecular complexity index is 608. The van der Waals surface area contributed by atoms with Crippen LogP contribution in [0.15, 0.2) is 18.2 Å². The van der Waals surface area contributed by atoms with Crippen molar-refractivity contribution in [2.24, 2.45) is 0 Å². The average molecular weight is 404 g/mol. The molecule has 0 heterocycles. The first-order valence-electron chi connectivity index (χ1n) is 9.60. The molecule has 0 amide bonds. The van der Waals surface area contributed by atoms with E-state index in [0.717, 1.165) is 23.0 Å². The Kier molecular flexibility index (Phi) is 10.3. The number of phosphoric ester groups is 1. The lowest BCUT2D eigenvalue weighted by molar-refractivity contribution is -0.890. The number of aromatic hydroxyl groups is 2. The number of unbranched alkanes of at least 4 members (excludes halogenated alkanes) is 3. The maximum atomic E-state index is 11.9. The summed E-state index contributed by atoms with van der Waals surface area (Å²) in [6.07, 6.45) is 5.84. The molecule has 1 rings (SSSR count). The van der Waals surface area contributed by atoms with Gasteiger partial charge in [0.1, 0.15) is 13.2 Å². The number of likely N-dealkylation sites (N-methyl/N-ethyl adjacent to an activating group) is 1. The van der Waals surface area contributed by atoms with Crippen molar-refractivity contribution in [1.82, 2.24) is 0 Å². The zero-order chi connectivity index (χ0) is 20.3. The molecule has 1 aromatic carbocycles. The van der Waals surface area contributed by atoms with Gasteiger partial charge in [-0.2, -0.15) is 0 Å². The largest absolute Gasteiger partial charge is 0.504 e. The molecule has 1 aromatic rings. The summed E-state index contributed by atoms with van der Waals surface area (Å²) in [7, 11) is 0.125. The van der Waals surface area contributed by atoms with Crippen molar-refractivity contribution < 1.29 is 33.2 Å². The smallest absolute Gasteiger partial charge is 0.472 e. The Morgan fingerprint density at radius 1 is 0.963 bits per heavy atom. The number of rotatable bonds is 14. The second-order valence-corrected chi connectivity index (χ2v) is 8.96. The van der Waals surface area contributed by atoms with Crippen molar-refractivity contribution in [3.63, 3.8) is 0 Å². The molecule has 0 bridgehead atoms. The monoisotopic (exact) mass is 404 g/mol. The van der Waals surface area contributed by atoms with Crippen molar-refractivity contribution in [3.8, 4) is 11.5 Å². The molecule has 27 heavy (non-hydrogen) atoms. The van der Waals surface area contributed by atoms with Crippen LogP contribution >= 0.6 is 7.82 Å². The first kappa shape index (κ1) is 23.9. The molecule has 156 valence electrons. The van der Waals surface area contributed by atoms with E-state index in [2.05, 4.69) is 21.0 Å². The van der Waals surface area contributed by atoms with Gasteiger partial charge in [0, 0.05) is 0 Å². The standard InChI is InChI=1S/C19H34NO6P/c1-4-5-6-7-12-20(2,3)13-15-26-27(23,24)25-14-8-9-17-10-11-18(21)19(22)16-17/h10-11,16H,4-9,12-15H2,1-3H3,(H2-,21,22,23,24)/p+1. The Hall–Kier alpha value is -1.11. The number of phenolic OH excluding ortho intramolecular Hbond substituents is 2. The number of aryl methyl sites for hydroxylation is 1. The zero-order valence-corrected chi connectivity index (χ0v) is 17.7. The maximum absolute atomic E-state index is 11.9. The van der Waals surface area contributed by atoms with Crippen LogP contribution in [0, 0.1) is 0 Å². The quantitative estimate of drug-likeness (QED) is 0.189. The Labute approximate surface area is 162 Å². The van der Waals surface area contributed by atoms with E-state index in [-0.39, 0.29) is 24.7 Å². The molecule has 0 fully saturated rings. The van der Waals surface area contributed by atoms with Crippen LogP contribution in [-0.4, -0.2) is 60.0 Å². The molecule has 8 heteroatoms. The third-order valence-corrected chi connectivity index (χ3v) is 5.49. The average Bonchev–Trinajstić information content (AvgIpc) is 2.58. The van der Waals surface area contributed by atoms with Gasteiger partial charge in [0.25, 0.3) is 0 Å². The molecule has 0 aliphatic carbocycles. The summed E-state index contributed by atoms with van der Waals surface area (Å²) in [6, 6.07) is 4.56. The minimum absolute atomic E-state index is 0.0741. The number of phenols is 2. The zero-order valence-electron chi connectivity index (χ0n) is 16.8. The number of phosphoric acid groups is 1. The SMILES string of the molecule is CCCCCC[N+](C)(C)CCOP(=O)(O)OCCCc1ccc(O)c(O)c1. The number of benzene rings is 1.